The third kappa shape index (κ3) is 3.29. The molecule has 0 saturated heterocycles. The molecule has 0 aliphatic heterocycles. The molecule has 3 rings (SSSR count). The van der Waals surface area contributed by atoms with Crippen molar-refractivity contribution in [3.8, 4) is 0 Å². The molecule has 0 unspecified atom stereocenters. The Kier molecular flexibility index (Phi) is 4.26. The van der Waals surface area contributed by atoms with Crippen molar-refractivity contribution in [1.29, 1.82) is 0 Å². The molecule has 3 N–H and O–H groups in total. The number of aromatic nitrogens is 2. The van der Waals surface area contributed by atoms with E-state index in [1.54, 1.807) is 18.2 Å². The Morgan fingerprint density at radius 3 is 2.38 bits per heavy atom. The van der Waals surface area contributed by atoms with Gasteiger partial charge in [0.05, 0.1) is 16.7 Å². The molecule has 0 spiro atoms. The van der Waals surface area contributed by atoms with E-state index in [1.165, 1.54) is 0 Å². The Balaban J connectivity index is 1.93. The lowest BCUT2D eigenvalue weighted by Crippen LogP contribution is -2.24. The van der Waals surface area contributed by atoms with Gasteiger partial charge in [0.25, 0.3) is 9.84 Å². The molecule has 0 saturated carbocycles. The number of halogens is 4. The molecule has 0 aliphatic carbocycles. The van der Waals surface area contributed by atoms with Crippen molar-refractivity contribution in [3.63, 3.8) is 0 Å². The molecule has 2 aromatic carbocycles. The molecule has 0 radical (unpaired) electrons. The number of anilines is 1. The van der Waals surface area contributed by atoms with Crippen LogP contribution in [0, 0.1) is 5.82 Å². The van der Waals surface area contributed by atoms with Gasteiger partial charge in [-0.05, 0) is 35.9 Å². The van der Waals surface area contributed by atoms with Gasteiger partial charge in [0, 0.05) is 6.54 Å². The number of imidazole rings is 1. The van der Waals surface area contributed by atoms with Crippen LogP contribution in [0.2, 0.25) is 0 Å². The molecule has 0 aliphatic rings. The highest BCUT2D eigenvalue weighted by molar-refractivity contribution is 7.92. The van der Waals surface area contributed by atoms with Crippen LogP contribution in [-0.2, 0) is 16.4 Å². The number of H-pyrrole nitrogens is 2. The molecule has 6 nitrogen and oxygen atoms in total. The number of benzene rings is 2. The van der Waals surface area contributed by atoms with Crippen molar-refractivity contribution >= 4 is 26.6 Å². The van der Waals surface area contributed by atoms with E-state index in [-0.39, 0.29) is 12.2 Å². The Morgan fingerprint density at radius 2 is 1.69 bits per heavy atom. The maximum absolute atomic E-state index is 13.3. The normalized spacial score (nSPS) is 12.5. The summed E-state index contributed by atoms with van der Waals surface area (Å²) >= 11 is 0. The summed E-state index contributed by atoms with van der Waals surface area (Å²) in [6.45, 7) is -0.0465. The number of alkyl halides is 3. The third-order valence-electron chi connectivity index (χ3n) is 3.60. The Labute approximate surface area is 143 Å². The first-order valence-electron chi connectivity index (χ1n) is 7.13. The zero-order valence-electron chi connectivity index (χ0n) is 12.8. The largest absolute Gasteiger partial charge is 0.501 e. The second kappa shape index (κ2) is 6.16. The minimum absolute atomic E-state index is 0.0465. The van der Waals surface area contributed by atoms with Crippen molar-refractivity contribution in [3.05, 3.63) is 58.3 Å². The fourth-order valence-corrected chi connectivity index (χ4v) is 3.32. The monoisotopic (exact) mass is 389 g/mol. The minimum Gasteiger partial charge on any atom is -0.380 e. The average Bonchev–Trinajstić information content (AvgIpc) is 2.91. The topological polar surface area (TPSA) is 94.8 Å². The fraction of sp³-hybridized carbons (Fsp3) is 0.133. The maximum Gasteiger partial charge on any atom is 0.501 e. The first-order chi connectivity index (χ1) is 12.1. The highest BCUT2D eigenvalue weighted by atomic mass is 32.2. The van der Waals surface area contributed by atoms with Gasteiger partial charge in [-0.3, -0.25) is 0 Å². The molecular weight excluding hydrogens is 378 g/mol. The number of nitrogens with one attached hydrogen (secondary N) is 3. The number of aromatic amines is 2. The number of fused-ring (bicyclic) bond motifs is 1. The van der Waals surface area contributed by atoms with Gasteiger partial charge in [-0.25, -0.2) is 17.6 Å². The van der Waals surface area contributed by atoms with Gasteiger partial charge in [0.15, 0.2) is 0 Å². The summed E-state index contributed by atoms with van der Waals surface area (Å²) in [5.41, 5.74) is -4.76. The van der Waals surface area contributed by atoms with Crippen LogP contribution in [0.3, 0.4) is 0 Å². The van der Waals surface area contributed by atoms with E-state index < -0.39 is 31.7 Å². The Hall–Kier alpha value is -2.82. The second-order valence-electron chi connectivity index (χ2n) is 5.40. The lowest BCUT2D eigenvalue weighted by molar-refractivity contribution is -0.0435. The van der Waals surface area contributed by atoms with E-state index >= 15 is 0 Å². The van der Waals surface area contributed by atoms with Crippen LogP contribution in [-0.4, -0.2) is 23.9 Å². The van der Waals surface area contributed by atoms with Crippen molar-refractivity contribution in [2.45, 2.75) is 16.9 Å². The quantitative estimate of drug-likeness (QED) is 0.598. The molecule has 11 heteroatoms. The summed E-state index contributed by atoms with van der Waals surface area (Å²) in [5, 5.41) is 2.56. The van der Waals surface area contributed by atoms with Gasteiger partial charge in [0.2, 0.25) is 0 Å². The van der Waals surface area contributed by atoms with Gasteiger partial charge in [-0.1, -0.05) is 6.07 Å². The molecule has 138 valence electrons. The van der Waals surface area contributed by atoms with Gasteiger partial charge >= 0.3 is 11.2 Å². The minimum atomic E-state index is -5.72. The van der Waals surface area contributed by atoms with Crippen LogP contribution in [0.25, 0.3) is 11.0 Å². The standard InChI is InChI=1S/C15H11F4N3O3S/c16-9-2-4-11(13(6-9)26(24,25)15(17,18)19)20-7-8-1-3-10-12(5-8)22-14(23)21-10/h1-6,20H,7H2,(H2,21,22,23). The van der Waals surface area contributed by atoms with E-state index in [9.17, 15) is 30.8 Å². The van der Waals surface area contributed by atoms with Gasteiger partial charge in [0.1, 0.15) is 10.7 Å². The molecule has 0 bridgehead atoms. The Morgan fingerprint density at radius 1 is 1.00 bits per heavy atom. The van der Waals surface area contributed by atoms with Gasteiger partial charge < -0.3 is 15.3 Å². The van der Waals surface area contributed by atoms with E-state index in [0.717, 1.165) is 12.1 Å². The second-order valence-corrected chi connectivity index (χ2v) is 7.31. The van der Waals surface area contributed by atoms with Crippen molar-refractivity contribution in [2.75, 3.05) is 5.32 Å². The van der Waals surface area contributed by atoms with Crippen molar-refractivity contribution in [2.24, 2.45) is 0 Å². The molecule has 3 aromatic rings. The first-order valence-corrected chi connectivity index (χ1v) is 8.62. The number of rotatable bonds is 4. The van der Waals surface area contributed by atoms with Crippen LogP contribution in [0.15, 0.2) is 46.1 Å². The number of sulfone groups is 1. The summed E-state index contributed by atoms with van der Waals surface area (Å²) in [7, 11) is -5.72. The van der Waals surface area contributed by atoms with Crippen LogP contribution in [0.4, 0.5) is 23.2 Å². The van der Waals surface area contributed by atoms with Crippen LogP contribution < -0.4 is 11.0 Å². The van der Waals surface area contributed by atoms with Gasteiger partial charge in [-0.15, -0.1) is 0 Å². The van der Waals surface area contributed by atoms with Crippen LogP contribution >= 0.6 is 0 Å². The lowest BCUT2D eigenvalue weighted by atomic mass is 10.2. The Bertz CT molecular complexity index is 1130. The summed E-state index contributed by atoms with van der Waals surface area (Å²) in [6, 6.07) is 6.84. The van der Waals surface area contributed by atoms with E-state index in [1.807, 2.05) is 0 Å². The van der Waals surface area contributed by atoms with Gasteiger partial charge in [-0.2, -0.15) is 13.2 Å². The maximum atomic E-state index is 13.3. The molecule has 1 heterocycles. The van der Waals surface area contributed by atoms with E-state index in [2.05, 4.69) is 15.3 Å². The predicted molar refractivity (Wildman–Crippen MR) is 85.9 cm³/mol. The smallest absolute Gasteiger partial charge is 0.380 e. The summed E-state index contributed by atoms with van der Waals surface area (Å²) in [4.78, 5) is 15.1. The van der Waals surface area contributed by atoms with Crippen molar-refractivity contribution < 1.29 is 26.0 Å². The van der Waals surface area contributed by atoms with Crippen LogP contribution in [0.1, 0.15) is 5.56 Å². The van der Waals surface area contributed by atoms with Crippen LogP contribution in [0.5, 0.6) is 0 Å². The molecule has 0 amide bonds. The third-order valence-corrected chi connectivity index (χ3v) is 5.13. The highest BCUT2D eigenvalue weighted by Gasteiger charge is 2.48. The van der Waals surface area contributed by atoms with E-state index in [4.69, 9.17) is 0 Å². The fourth-order valence-electron chi connectivity index (χ4n) is 2.38. The number of hydrogen-bond donors (Lipinski definition) is 3. The summed E-state index contributed by atoms with van der Waals surface area (Å²) in [6.07, 6.45) is 0. The zero-order valence-corrected chi connectivity index (χ0v) is 13.6. The van der Waals surface area contributed by atoms with Crippen molar-refractivity contribution in [1.82, 2.24) is 9.97 Å². The number of hydrogen-bond acceptors (Lipinski definition) is 4. The molecule has 0 atom stereocenters. The summed E-state index contributed by atoms with van der Waals surface area (Å²) in [5.74, 6) is -1.11. The lowest BCUT2D eigenvalue weighted by Gasteiger charge is -2.14. The zero-order chi connectivity index (χ0) is 19.1. The molecule has 26 heavy (non-hydrogen) atoms. The molecule has 0 fully saturated rings. The molecule has 1 aromatic heterocycles. The predicted octanol–water partition coefficient (Wildman–Crippen LogP) is 2.90. The highest BCUT2D eigenvalue weighted by Crippen LogP contribution is 2.35. The SMILES string of the molecule is O=c1[nH]c2ccc(CNc3ccc(F)cc3S(=O)(=O)C(F)(F)F)cc2[nH]1. The van der Waals surface area contributed by atoms with E-state index in [0.29, 0.717) is 22.7 Å². The average molecular weight is 389 g/mol. The first kappa shape index (κ1) is 18.0. The molecular formula is C15H11F4N3O3S. The summed E-state index contributed by atoms with van der Waals surface area (Å²) < 4.78 is 75.0.